The molecule has 0 bridgehead atoms. The molecule has 1 saturated heterocycles. The van der Waals surface area contributed by atoms with Crippen LogP contribution in [0.2, 0.25) is 0 Å². The fourth-order valence-electron chi connectivity index (χ4n) is 2.89. The van der Waals surface area contributed by atoms with Gasteiger partial charge in [0.15, 0.2) is 0 Å². The number of anilines is 1. The second-order valence-corrected chi connectivity index (χ2v) is 5.81. The highest BCUT2D eigenvalue weighted by molar-refractivity contribution is 5.53. The van der Waals surface area contributed by atoms with Crippen LogP contribution in [0.5, 0.6) is 0 Å². The van der Waals surface area contributed by atoms with E-state index in [4.69, 9.17) is 10.5 Å². The molecular weight excluding hydrogens is 248 g/mol. The van der Waals surface area contributed by atoms with Crippen molar-refractivity contribution >= 4 is 5.69 Å². The summed E-state index contributed by atoms with van der Waals surface area (Å²) < 4.78 is 0. The van der Waals surface area contributed by atoms with Crippen molar-refractivity contribution < 1.29 is 0 Å². The highest BCUT2D eigenvalue weighted by atomic mass is 15.2. The molecule has 4 heteroatoms. The molecule has 0 amide bonds. The van der Waals surface area contributed by atoms with E-state index >= 15 is 0 Å². The van der Waals surface area contributed by atoms with Crippen LogP contribution in [0.1, 0.15) is 32.3 Å². The molecule has 1 fully saturated rings. The summed E-state index contributed by atoms with van der Waals surface area (Å²) in [4.78, 5) is 2.33. The number of hydrogen-bond donors (Lipinski definition) is 1. The number of nitriles is 2. The molecule has 1 aromatic carbocycles. The SMILES string of the molecule is CC1(C)CCNCC(CC#N)N1c1ccc(C#N)cc1. The molecule has 0 spiro atoms. The molecule has 1 atom stereocenters. The molecule has 0 saturated carbocycles. The van der Waals surface area contributed by atoms with Crippen LogP contribution in [0.3, 0.4) is 0 Å². The summed E-state index contributed by atoms with van der Waals surface area (Å²) in [5.41, 5.74) is 1.73. The van der Waals surface area contributed by atoms with Gasteiger partial charge in [-0.3, -0.25) is 0 Å². The fraction of sp³-hybridized carbons (Fsp3) is 0.500. The molecule has 1 aliphatic rings. The molecule has 1 aromatic rings. The minimum Gasteiger partial charge on any atom is -0.361 e. The van der Waals surface area contributed by atoms with E-state index < -0.39 is 0 Å². The van der Waals surface area contributed by atoms with E-state index in [1.807, 2.05) is 24.3 Å². The molecule has 0 aliphatic carbocycles. The lowest BCUT2D eigenvalue weighted by atomic mass is 9.95. The van der Waals surface area contributed by atoms with E-state index in [1.165, 1.54) is 0 Å². The molecule has 0 aromatic heterocycles. The van der Waals surface area contributed by atoms with Crippen molar-refractivity contribution in [1.82, 2.24) is 5.32 Å². The molecule has 1 heterocycles. The van der Waals surface area contributed by atoms with E-state index in [0.717, 1.165) is 25.2 Å². The number of rotatable bonds is 2. The van der Waals surface area contributed by atoms with Crippen LogP contribution in [0.15, 0.2) is 24.3 Å². The fourth-order valence-corrected chi connectivity index (χ4v) is 2.89. The maximum atomic E-state index is 9.08. The Kier molecular flexibility index (Phi) is 4.27. The Morgan fingerprint density at radius 2 is 2.00 bits per heavy atom. The zero-order valence-electron chi connectivity index (χ0n) is 12.1. The van der Waals surface area contributed by atoms with Gasteiger partial charge < -0.3 is 10.2 Å². The molecule has 1 unspecified atom stereocenters. The minimum absolute atomic E-state index is 0.0147. The van der Waals surface area contributed by atoms with Crippen LogP contribution in [0.25, 0.3) is 0 Å². The van der Waals surface area contributed by atoms with Gasteiger partial charge in [-0.15, -0.1) is 0 Å². The Morgan fingerprint density at radius 3 is 2.60 bits per heavy atom. The van der Waals surface area contributed by atoms with Crippen molar-refractivity contribution in [1.29, 1.82) is 10.5 Å². The first kappa shape index (κ1) is 14.4. The van der Waals surface area contributed by atoms with Crippen molar-refractivity contribution in [3.8, 4) is 12.1 Å². The van der Waals surface area contributed by atoms with E-state index in [9.17, 15) is 0 Å². The third-order valence-corrected chi connectivity index (χ3v) is 3.91. The highest BCUT2D eigenvalue weighted by Gasteiger charge is 2.34. The van der Waals surface area contributed by atoms with Gasteiger partial charge in [0.1, 0.15) is 0 Å². The third-order valence-electron chi connectivity index (χ3n) is 3.91. The second kappa shape index (κ2) is 5.94. The predicted octanol–water partition coefficient (Wildman–Crippen LogP) is 2.42. The molecule has 1 aliphatic heterocycles. The van der Waals surface area contributed by atoms with Gasteiger partial charge in [-0.05, 0) is 51.1 Å². The van der Waals surface area contributed by atoms with Gasteiger partial charge in [-0.2, -0.15) is 10.5 Å². The van der Waals surface area contributed by atoms with E-state index in [1.54, 1.807) is 0 Å². The van der Waals surface area contributed by atoms with Crippen LogP contribution in [0.4, 0.5) is 5.69 Å². The maximum Gasteiger partial charge on any atom is 0.0991 e. The smallest absolute Gasteiger partial charge is 0.0991 e. The Hall–Kier alpha value is -2.04. The van der Waals surface area contributed by atoms with E-state index in [-0.39, 0.29) is 11.6 Å². The van der Waals surface area contributed by atoms with Gasteiger partial charge in [0.25, 0.3) is 0 Å². The topological polar surface area (TPSA) is 62.9 Å². The first-order valence-electron chi connectivity index (χ1n) is 6.95. The van der Waals surface area contributed by atoms with Crippen molar-refractivity contribution in [2.75, 3.05) is 18.0 Å². The predicted molar refractivity (Wildman–Crippen MR) is 79.2 cm³/mol. The van der Waals surface area contributed by atoms with Crippen molar-refractivity contribution in [2.24, 2.45) is 0 Å². The van der Waals surface area contributed by atoms with Crippen LogP contribution < -0.4 is 10.2 Å². The summed E-state index contributed by atoms with van der Waals surface area (Å²) in [6.07, 6.45) is 1.52. The minimum atomic E-state index is -0.0147. The van der Waals surface area contributed by atoms with Crippen molar-refractivity contribution in [3.63, 3.8) is 0 Å². The van der Waals surface area contributed by atoms with E-state index in [2.05, 4.69) is 36.2 Å². The van der Waals surface area contributed by atoms with Crippen LogP contribution in [-0.4, -0.2) is 24.7 Å². The largest absolute Gasteiger partial charge is 0.361 e. The first-order valence-corrected chi connectivity index (χ1v) is 6.95. The molecule has 104 valence electrons. The Morgan fingerprint density at radius 1 is 1.30 bits per heavy atom. The van der Waals surface area contributed by atoms with Gasteiger partial charge in [0.2, 0.25) is 0 Å². The lowest BCUT2D eigenvalue weighted by molar-refractivity contribution is 0.418. The number of benzene rings is 1. The average Bonchev–Trinajstić information content (AvgIpc) is 2.58. The lowest BCUT2D eigenvalue weighted by Crippen LogP contribution is -2.50. The molecule has 0 radical (unpaired) electrons. The Labute approximate surface area is 120 Å². The third kappa shape index (κ3) is 2.92. The lowest BCUT2D eigenvalue weighted by Gasteiger charge is -2.43. The van der Waals surface area contributed by atoms with Crippen LogP contribution in [0, 0.1) is 22.7 Å². The average molecular weight is 268 g/mol. The summed E-state index contributed by atoms with van der Waals surface area (Å²) in [5.74, 6) is 0. The van der Waals surface area contributed by atoms with E-state index in [0.29, 0.717) is 12.0 Å². The summed E-state index contributed by atoms with van der Waals surface area (Å²) in [7, 11) is 0. The normalized spacial score (nSPS) is 21.6. The first-order chi connectivity index (χ1) is 9.58. The van der Waals surface area contributed by atoms with Gasteiger partial charge >= 0.3 is 0 Å². The molecule has 1 N–H and O–H groups in total. The molecule has 4 nitrogen and oxygen atoms in total. The van der Waals surface area contributed by atoms with Crippen molar-refractivity contribution in [2.45, 2.75) is 38.3 Å². The van der Waals surface area contributed by atoms with Crippen LogP contribution in [-0.2, 0) is 0 Å². The van der Waals surface area contributed by atoms with Gasteiger partial charge in [0.05, 0.1) is 30.2 Å². The number of nitrogens with one attached hydrogen (secondary N) is 1. The Balaban J connectivity index is 2.39. The summed E-state index contributed by atoms with van der Waals surface area (Å²) in [6, 6.07) is 12.2. The van der Waals surface area contributed by atoms with Crippen molar-refractivity contribution in [3.05, 3.63) is 29.8 Å². The monoisotopic (exact) mass is 268 g/mol. The summed E-state index contributed by atoms with van der Waals surface area (Å²) in [6.45, 7) is 6.20. The number of nitrogens with zero attached hydrogens (tertiary/aromatic N) is 3. The number of hydrogen-bond acceptors (Lipinski definition) is 4. The second-order valence-electron chi connectivity index (χ2n) is 5.81. The zero-order valence-corrected chi connectivity index (χ0v) is 12.1. The molecule has 2 rings (SSSR count). The zero-order chi connectivity index (χ0) is 14.6. The standard InChI is InChI=1S/C16H20N4/c1-16(2)8-10-19-12-15(7-9-17)20(16)14-5-3-13(11-18)4-6-14/h3-6,15,19H,7-8,10,12H2,1-2H3. The maximum absolute atomic E-state index is 9.08. The van der Waals surface area contributed by atoms with Crippen LogP contribution >= 0.6 is 0 Å². The summed E-state index contributed by atoms with van der Waals surface area (Å²) >= 11 is 0. The summed E-state index contributed by atoms with van der Waals surface area (Å²) in [5, 5.41) is 21.4. The Bertz CT molecular complexity index is 533. The van der Waals surface area contributed by atoms with Gasteiger partial charge in [-0.1, -0.05) is 0 Å². The molecular formula is C16H20N4. The highest BCUT2D eigenvalue weighted by Crippen LogP contribution is 2.31. The van der Waals surface area contributed by atoms with Gasteiger partial charge in [0, 0.05) is 17.8 Å². The van der Waals surface area contributed by atoms with Gasteiger partial charge in [-0.25, -0.2) is 0 Å². The quantitative estimate of drug-likeness (QED) is 0.894. The molecule has 20 heavy (non-hydrogen) atoms.